The van der Waals surface area contributed by atoms with Crippen LogP contribution in [0.15, 0.2) is 30.3 Å². The summed E-state index contributed by atoms with van der Waals surface area (Å²) in [5, 5.41) is 3.58. The molecule has 98 valence electrons. The Hall–Kier alpha value is -0.860. The summed E-state index contributed by atoms with van der Waals surface area (Å²) in [5.74, 6) is 2.43. The predicted molar refractivity (Wildman–Crippen MR) is 73.7 cm³/mol. The molecule has 0 amide bonds. The summed E-state index contributed by atoms with van der Waals surface area (Å²) in [6, 6.07) is 11.7. The van der Waals surface area contributed by atoms with Gasteiger partial charge in [-0.3, -0.25) is 0 Å². The van der Waals surface area contributed by atoms with E-state index < -0.39 is 0 Å². The molecule has 1 saturated carbocycles. The lowest BCUT2D eigenvalue weighted by Crippen LogP contribution is -2.39. The number of hydrogen-bond donors (Lipinski definition) is 1. The van der Waals surface area contributed by atoms with E-state index in [0.717, 1.165) is 31.0 Å². The number of ether oxygens (including phenoxy) is 1. The van der Waals surface area contributed by atoms with Gasteiger partial charge in [0.05, 0.1) is 0 Å². The summed E-state index contributed by atoms with van der Waals surface area (Å²) < 4.78 is 5.48. The van der Waals surface area contributed by atoms with Gasteiger partial charge in [0.15, 0.2) is 0 Å². The molecule has 1 saturated heterocycles. The average molecular weight is 245 g/mol. The highest BCUT2D eigenvalue weighted by atomic mass is 16.5. The van der Waals surface area contributed by atoms with Crippen molar-refractivity contribution in [3.05, 3.63) is 35.9 Å². The molecule has 0 radical (unpaired) electrons. The molecule has 1 aromatic carbocycles. The number of rotatable bonds is 4. The standard InChI is InChI=1S/C16H23NO/c1-17-16(13-7-9-18-10-8-13)15-11-14(15)12-5-3-2-4-6-12/h2-6,13-17H,7-11H2,1H3. The van der Waals surface area contributed by atoms with Crippen molar-refractivity contribution in [1.82, 2.24) is 5.32 Å². The molecule has 1 aromatic rings. The molecule has 0 aromatic heterocycles. The minimum atomic E-state index is 0.680. The molecule has 0 spiro atoms. The zero-order valence-electron chi connectivity index (χ0n) is 11.1. The smallest absolute Gasteiger partial charge is 0.0469 e. The molecule has 2 aliphatic rings. The number of nitrogens with one attached hydrogen (secondary N) is 1. The zero-order valence-corrected chi connectivity index (χ0v) is 11.1. The maximum Gasteiger partial charge on any atom is 0.0469 e. The van der Waals surface area contributed by atoms with Gasteiger partial charge >= 0.3 is 0 Å². The molecular weight excluding hydrogens is 222 g/mol. The van der Waals surface area contributed by atoms with E-state index in [4.69, 9.17) is 4.74 Å². The predicted octanol–water partition coefficient (Wildman–Crippen LogP) is 2.80. The molecule has 1 aliphatic carbocycles. The van der Waals surface area contributed by atoms with Crippen LogP contribution in [0, 0.1) is 11.8 Å². The largest absolute Gasteiger partial charge is 0.381 e. The van der Waals surface area contributed by atoms with E-state index in [2.05, 4.69) is 42.7 Å². The minimum absolute atomic E-state index is 0.680. The highest BCUT2D eigenvalue weighted by Crippen LogP contribution is 2.51. The van der Waals surface area contributed by atoms with Gasteiger partial charge < -0.3 is 10.1 Å². The molecule has 2 heteroatoms. The summed E-state index contributed by atoms with van der Waals surface area (Å²) in [6.07, 6.45) is 3.81. The minimum Gasteiger partial charge on any atom is -0.381 e. The van der Waals surface area contributed by atoms with E-state index >= 15 is 0 Å². The zero-order chi connectivity index (χ0) is 12.4. The fraction of sp³-hybridized carbons (Fsp3) is 0.625. The summed E-state index contributed by atoms with van der Waals surface area (Å²) in [7, 11) is 2.13. The molecular formula is C16H23NO. The molecule has 1 aliphatic heterocycles. The molecule has 3 atom stereocenters. The normalized spacial score (nSPS) is 30.1. The summed E-state index contributed by atoms with van der Waals surface area (Å²) in [6.45, 7) is 1.90. The summed E-state index contributed by atoms with van der Waals surface area (Å²) in [4.78, 5) is 0. The van der Waals surface area contributed by atoms with Crippen molar-refractivity contribution in [2.75, 3.05) is 20.3 Å². The van der Waals surface area contributed by atoms with E-state index in [0.29, 0.717) is 6.04 Å². The third kappa shape index (κ3) is 2.45. The van der Waals surface area contributed by atoms with Crippen LogP contribution in [-0.2, 0) is 4.74 Å². The monoisotopic (exact) mass is 245 g/mol. The first-order valence-electron chi connectivity index (χ1n) is 7.20. The van der Waals surface area contributed by atoms with Crippen molar-refractivity contribution >= 4 is 0 Å². The molecule has 2 fully saturated rings. The molecule has 3 rings (SSSR count). The van der Waals surface area contributed by atoms with E-state index in [1.54, 1.807) is 0 Å². The Bertz CT molecular complexity index is 372. The lowest BCUT2D eigenvalue weighted by Gasteiger charge is -2.30. The Labute approximate surface area is 110 Å². The fourth-order valence-corrected chi connectivity index (χ4v) is 3.57. The van der Waals surface area contributed by atoms with Gasteiger partial charge in [0, 0.05) is 19.3 Å². The van der Waals surface area contributed by atoms with Gasteiger partial charge in [-0.2, -0.15) is 0 Å². The van der Waals surface area contributed by atoms with Crippen molar-refractivity contribution in [1.29, 1.82) is 0 Å². The van der Waals surface area contributed by atoms with Crippen LogP contribution in [-0.4, -0.2) is 26.3 Å². The third-order valence-corrected chi connectivity index (χ3v) is 4.64. The van der Waals surface area contributed by atoms with Crippen molar-refractivity contribution in [2.45, 2.75) is 31.2 Å². The summed E-state index contributed by atoms with van der Waals surface area (Å²) >= 11 is 0. The van der Waals surface area contributed by atoms with Crippen molar-refractivity contribution in [3.63, 3.8) is 0 Å². The summed E-state index contributed by atoms with van der Waals surface area (Å²) in [5.41, 5.74) is 1.52. The Morgan fingerprint density at radius 3 is 2.56 bits per heavy atom. The lowest BCUT2D eigenvalue weighted by atomic mass is 9.87. The van der Waals surface area contributed by atoms with Crippen LogP contribution in [0.3, 0.4) is 0 Å². The van der Waals surface area contributed by atoms with Crippen LogP contribution < -0.4 is 5.32 Å². The Morgan fingerprint density at radius 2 is 1.89 bits per heavy atom. The first-order valence-corrected chi connectivity index (χ1v) is 7.20. The van der Waals surface area contributed by atoms with Crippen molar-refractivity contribution in [2.24, 2.45) is 11.8 Å². The molecule has 18 heavy (non-hydrogen) atoms. The SMILES string of the molecule is CNC(C1CCOCC1)C1CC1c1ccccc1. The number of hydrogen-bond acceptors (Lipinski definition) is 2. The van der Waals surface area contributed by atoms with Crippen LogP contribution >= 0.6 is 0 Å². The highest BCUT2D eigenvalue weighted by Gasteiger charge is 2.45. The van der Waals surface area contributed by atoms with E-state index in [9.17, 15) is 0 Å². The van der Waals surface area contributed by atoms with Gasteiger partial charge in [-0.25, -0.2) is 0 Å². The second-order valence-corrected chi connectivity index (χ2v) is 5.68. The first kappa shape index (κ1) is 12.2. The lowest BCUT2D eigenvalue weighted by molar-refractivity contribution is 0.0515. The van der Waals surface area contributed by atoms with Gasteiger partial charge in [-0.1, -0.05) is 30.3 Å². The second kappa shape index (κ2) is 5.41. The van der Waals surface area contributed by atoms with Gasteiger partial charge in [0.1, 0.15) is 0 Å². The van der Waals surface area contributed by atoms with Gasteiger partial charge in [0.2, 0.25) is 0 Å². The molecule has 1 heterocycles. The van der Waals surface area contributed by atoms with Crippen molar-refractivity contribution < 1.29 is 4.74 Å². The van der Waals surface area contributed by atoms with Crippen LogP contribution in [0.5, 0.6) is 0 Å². The highest BCUT2D eigenvalue weighted by molar-refractivity contribution is 5.26. The third-order valence-electron chi connectivity index (χ3n) is 4.64. The molecule has 0 bridgehead atoms. The maximum absolute atomic E-state index is 5.48. The maximum atomic E-state index is 5.48. The van der Waals surface area contributed by atoms with E-state index in [1.165, 1.54) is 24.8 Å². The van der Waals surface area contributed by atoms with E-state index in [-0.39, 0.29) is 0 Å². The van der Waals surface area contributed by atoms with Crippen LogP contribution in [0.1, 0.15) is 30.7 Å². The molecule has 1 N–H and O–H groups in total. The van der Waals surface area contributed by atoms with Gasteiger partial charge in [0.25, 0.3) is 0 Å². The van der Waals surface area contributed by atoms with Gasteiger partial charge in [-0.15, -0.1) is 0 Å². The Morgan fingerprint density at radius 1 is 1.17 bits per heavy atom. The second-order valence-electron chi connectivity index (χ2n) is 5.68. The van der Waals surface area contributed by atoms with Crippen LogP contribution in [0.25, 0.3) is 0 Å². The van der Waals surface area contributed by atoms with Gasteiger partial charge in [-0.05, 0) is 49.6 Å². The molecule has 2 nitrogen and oxygen atoms in total. The average Bonchev–Trinajstić information content (AvgIpc) is 3.22. The topological polar surface area (TPSA) is 21.3 Å². The fourth-order valence-electron chi connectivity index (χ4n) is 3.57. The van der Waals surface area contributed by atoms with E-state index in [1.807, 2.05) is 0 Å². The van der Waals surface area contributed by atoms with Crippen LogP contribution in [0.2, 0.25) is 0 Å². The quantitative estimate of drug-likeness (QED) is 0.880. The Kier molecular flexibility index (Phi) is 3.67. The first-order chi connectivity index (χ1) is 8.90. The van der Waals surface area contributed by atoms with Crippen molar-refractivity contribution in [3.8, 4) is 0 Å². The Balaban J connectivity index is 1.64. The molecule has 3 unspecified atom stereocenters. The number of benzene rings is 1. The van der Waals surface area contributed by atoms with Crippen LogP contribution in [0.4, 0.5) is 0 Å².